The van der Waals surface area contributed by atoms with E-state index in [1.165, 1.54) is 51.4 Å². The third-order valence-electron chi connectivity index (χ3n) is 2.32. The van der Waals surface area contributed by atoms with E-state index in [4.69, 9.17) is 37.7 Å². The topological polar surface area (TPSA) is 0 Å². The number of halogens is 4. The first kappa shape index (κ1) is 22.3. The molecule has 0 saturated heterocycles. The van der Waals surface area contributed by atoms with Gasteiger partial charge in [-0.15, -0.1) is 0 Å². The van der Waals surface area contributed by atoms with Gasteiger partial charge in [0.05, 0.1) is 0 Å². The van der Waals surface area contributed by atoms with Gasteiger partial charge in [-0.1, -0.05) is 24.3 Å². The summed E-state index contributed by atoms with van der Waals surface area (Å²) in [4.78, 5) is 0. The van der Waals surface area contributed by atoms with Crippen LogP contribution in [0.3, 0.4) is 0 Å². The van der Waals surface area contributed by atoms with Gasteiger partial charge in [0.15, 0.2) is 0 Å². The molecule has 18 heavy (non-hydrogen) atoms. The van der Waals surface area contributed by atoms with Crippen LogP contribution >= 0.6 is 37.7 Å². The van der Waals surface area contributed by atoms with Crippen LogP contribution < -0.4 is 0 Å². The second-order valence-electron chi connectivity index (χ2n) is 3.60. The van der Waals surface area contributed by atoms with Crippen molar-refractivity contribution < 1.29 is 33.0 Å². The van der Waals surface area contributed by atoms with Gasteiger partial charge in [0.25, 0.3) is 0 Å². The van der Waals surface area contributed by atoms with E-state index in [1.807, 2.05) is 0 Å². The number of rotatable bonds is 0. The van der Waals surface area contributed by atoms with E-state index in [9.17, 15) is 0 Å². The van der Waals surface area contributed by atoms with E-state index in [2.05, 4.69) is 24.3 Å². The van der Waals surface area contributed by atoms with Gasteiger partial charge in [-0.05, 0) is 51.4 Å². The van der Waals surface area contributed by atoms with Crippen molar-refractivity contribution in [2.24, 2.45) is 0 Å². The monoisotopic (exact) mass is 694 g/mol. The molecule has 0 heterocycles. The minimum atomic E-state index is -0.472. The van der Waals surface area contributed by atoms with Gasteiger partial charge in [-0.25, -0.2) is 0 Å². The summed E-state index contributed by atoms with van der Waals surface area (Å²) in [6.07, 6.45) is 20.0. The summed E-state index contributed by atoms with van der Waals surface area (Å²) in [5.41, 5.74) is 0. The van der Waals surface area contributed by atoms with Crippen molar-refractivity contribution in [3.63, 3.8) is 0 Å². The maximum atomic E-state index is 4.88. The Morgan fingerprint density at radius 2 is 0.667 bits per heavy atom. The Kier molecular flexibility index (Phi) is 29.8. The minimum absolute atomic E-state index is 0.472. The summed E-state index contributed by atoms with van der Waals surface area (Å²) in [6, 6.07) is 0. The van der Waals surface area contributed by atoms with E-state index in [0.29, 0.717) is 0 Å². The van der Waals surface area contributed by atoms with Gasteiger partial charge in [0, 0.05) is 0 Å². The van der Waals surface area contributed by atoms with Crippen molar-refractivity contribution in [1.29, 1.82) is 0 Å². The molecule has 6 heteroatoms. The first-order chi connectivity index (χ1) is 8.83. The molecule has 0 aromatic rings. The predicted octanol–water partition coefficient (Wildman–Crippen LogP) is 6.99. The Morgan fingerprint density at radius 3 is 0.722 bits per heavy atom. The van der Waals surface area contributed by atoms with Gasteiger partial charge < -0.3 is 0 Å². The summed E-state index contributed by atoms with van der Waals surface area (Å²) in [5, 5.41) is 0. The van der Waals surface area contributed by atoms with E-state index in [-0.39, 0.29) is 0 Å². The van der Waals surface area contributed by atoms with Gasteiger partial charge in [-0.2, -0.15) is 0 Å². The first-order valence-corrected chi connectivity index (χ1v) is 17.0. The Hall–Kier alpha value is 2.02. The zero-order valence-corrected chi connectivity index (χ0v) is 17.7. The Bertz CT molecular complexity index is 151. The van der Waals surface area contributed by atoms with Crippen molar-refractivity contribution >= 4 is 37.7 Å². The average Bonchev–Trinajstić information content (AvgIpc) is 2.45. The fourth-order valence-electron chi connectivity index (χ4n) is 1.52. The van der Waals surface area contributed by atoms with Crippen molar-refractivity contribution in [1.82, 2.24) is 0 Å². The molecule has 0 aliphatic heterocycles. The molecule has 116 valence electrons. The molecule has 0 radical (unpaired) electrons. The molecule has 0 N–H and O–H groups in total. The zero-order chi connectivity index (χ0) is 13.9. The molecule has 0 aromatic heterocycles. The number of hydrogen-bond donors (Lipinski definition) is 0. The second kappa shape index (κ2) is 24.1. The van der Waals surface area contributed by atoms with Gasteiger partial charge in [-0.3, -0.25) is 0 Å². The van der Waals surface area contributed by atoms with Gasteiger partial charge in [0.2, 0.25) is 0 Å². The third-order valence-corrected chi connectivity index (χ3v) is 2.32. The van der Waals surface area contributed by atoms with Crippen LogP contribution in [0.2, 0.25) is 0 Å². The number of hydrogen-bond acceptors (Lipinski definition) is 0. The van der Waals surface area contributed by atoms with E-state index in [0.717, 1.165) is 0 Å². The molecule has 0 spiro atoms. The van der Waals surface area contributed by atoms with E-state index < -0.39 is 33.0 Å². The van der Waals surface area contributed by atoms with Crippen LogP contribution in [-0.2, 0) is 33.0 Å². The Labute approximate surface area is 145 Å². The Balaban J connectivity index is 0. The molecular formula is C12H20Cl4Pt2. The van der Waals surface area contributed by atoms with Crippen LogP contribution in [0.4, 0.5) is 0 Å². The standard InChI is InChI=1S/2C6H10.4ClH.2Pt/c2*1-2-4-6-5-3-1;;;;;;/h2*1-2H,3-6H2;4*1H;;/q;;;;;;2*+2/p-4. The van der Waals surface area contributed by atoms with E-state index in [1.54, 1.807) is 0 Å². The molecule has 2 rings (SSSR count). The fraction of sp³-hybridized carbons (Fsp3) is 0.667. The number of allylic oxidation sites excluding steroid dienone is 4. The molecule has 0 atom stereocenters. The summed E-state index contributed by atoms with van der Waals surface area (Å²) >= 11 is -0.944. The average molecular weight is 696 g/mol. The van der Waals surface area contributed by atoms with Crippen LogP contribution in [-0.4, -0.2) is 0 Å². The Morgan fingerprint density at radius 1 is 0.500 bits per heavy atom. The molecule has 0 bridgehead atoms. The molecular weight excluding hydrogens is 676 g/mol. The van der Waals surface area contributed by atoms with E-state index >= 15 is 0 Å². The van der Waals surface area contributed by atoms with Crippen LogP contribution in [0.1, 0.15) is 51.4 Å². The van der Waals surface area contributed by atoms with Gasteiger partial charge >= 0.3 is 70.6 Å². The molecule has 0 amide bonds. The third kappa shape index (κ3) is 26.6. The van der Waals surface area contributed by atoms with Crippen molar-refractivity contribution in [2.45, 2.75) is 51.4 Å². The molecule has 0 aromatic carbocycles. The van der Waals surface area contributed by atoms with Crippen molar-refractivity contribution in [3.05, 3.63) is 24.3 Å². The molecule has 2 aliphatic carbocycles. The summed E-state index contributed by atoms with van der Waals surface area (Å²) in [5.74, 6) is 0. The maximum absolute atomic E-state index is 4.88. The summed E-state index contributed by atoms with van der Waals surface area (Å²) in [7, 11) is 19.5. The molecule has 0 unspecified atom stereocenters. The van der Waals surface area contributed by atoms with Crippen molar-refractivity contribution in [2.75, 3.05) is 0 Å². The normalized spacial score (nSPS) is 16.7. The predicted molar refractivity (Wildman–Crippen MR) is 78.6 cm³/mol. The zero-order valence-electron chi connectivity index (χ0n) is 10.1. The first-order valence-electron chi connectivity index (χ1n) is 5.78. The molecule has 0 saturated carbocycles. The summed E-state index contributed by atoms with van der Waals surface area (Å²) < 4.78 is 0. The second-order valence-corrected chi connectivity index (χ2v) is 10.2. The molecule has 0 fully saturated rings. The SMILES string of the molecule is C1=CCCCC1.C1=CCCCC1.[Cl][Pt][Cl].[Cl][Pt][Cl]. The summed E-state index contributed by atoms with van der Waals surface area (Å²) in [6.45, 7) is 0. The van der Waals surface area contributed by atoms with Crippen LogP contribution in [0.25, 0.3) is 0 Å². The van der Waals surface area contributed by atoms with Gasteiger partial charge in [0.1, 0.15) is 0 Å². The van der Waals surface area contributed by atoms with Crippen LogP contribution in [0, 0.1) is 0 Å². The van der Waals surface area contributed by atoms with Crippen LogP contribution in [0.5, 0.6) is 0 Å². The quantitative estimate of drug-likeness (QED) is 0.240. The molecule has 2 aliphatic rings. The fourth-order valence-corrected chi connectivity index (χ4v) is 1.52. The van der Waals surface area contributed by atoms with Crippen molar-refractivity contribution in [3.8, 4) is 0 Å². The van der Waals surface area contributed by atoms with Crippen LogP contribution in [0.15, 0.2) is 24.3 Å². The molecule has 0 nitrogen and oxygen atoms in total.